The standard InChI is InChI=1S/C25H31N5O4S2/c1-15(2)12-30-23(32)18(10-16-11-26-29(3)13-16)27-25(30)35-14-20(31)28-22-21(24(33)34-4)17-8-6-5-7-9-19(17)36-22/h10-11,13,15H,5-9,12,14H2,1-4H3,(H,28,31)/b18-10+. The average Bonchev–Trinajstić information content (AvgIpc) is 3.42. The van der Waals surface area contributed by atoms with Crippen molar-refractivity contribution in [2.24, 2.45) is 18.0 Å². The molecule has 0 saturated carbocycles. The Kier molecular flexibility index (Phi) is 8.30. The number of esters is 1. The van der Waals surface area contributed by atoms with Gasteiger partial charge in [0.15, 0.2) is 5.17 Å². The predicted octanol–water partition coefficient (Wildman–Crippen LogP) is 4.10. The molecule has 0 radical (unpaired) electrons. The number of rotatable bonds is 7. The molecule has 0 atom stereocenters. The summed E-state index contributed by atoms with van der Waals surface area (Å²) in [5.74, 6) is -0.576. The number of thioether (sulfide) groups is 1. The number of aromatic nitrogens is 2. The van der Waals surface area contributed by atoms with E-state index in [2.05, 4.69) is 15.4 Å². The van der Waals surface area contributed by atoms with Gasteiger partial charge in [0.1, 0.15) is 10.7 Å². The summed E-state index contributed by atoms with van der Waals surface area (Å²) in [6.45, 7) is 4.56. The van der Waals surface area contributed by atoms with Crippen LogP contribution in [0.2, 0.25) is 0 Å². The van der Waals surface area contributed by atoms with E-state index in [0.29, 0.717) is 28.0 Å². The Morgan fingerprint density at radius 2 is 2.06 bits per heavy atom. The van der Waals surface area contributed by atoms with E-state index in [9.17, 15) is 14.4 Å². The smallest absolute Gasteiger partial charge is 0.341 e. The fraction of sp³-hybridized carbons (Fsp3) is 0.480. The molecule has 192 valence electrons. The first-order valence-electron chi connectivity index (χ1n) is 12.0. The second kappa shape index (κ2) is 11.4. The lowest BCUT2D eigenvalue weighted by atomic mass is 10.1. The minimum Gasteiger partial charge on any atom is -0.465 e. The predicted molar refractivity (Wildman–Crippen MR) is 143 cm³/mol. The van der Waals surface area contributed by atoms with Gasteiger partial charge < -0.3 is 10.1 Å². The number of aliphatic imine (C=N–C) groups is 1. The SMILES string of the molecule is COC(=O)c1c(NC(=O)CSC2=N/C(=C/c3cnn(C)c3)C(=O)N2CC(C)C)sc2c1CCCCC2. The Balaban J connectivity index is 1.50. The molecule has 1 aliphatic carbocycles. The molecule has 2 amide bonds. The third-order valence-electron chi connectivity index (χ3n) is 5.88. The normalized spacial score (nSPS) is 16.8. The summed E-state index contributed by atoms with van der Waals surface area (Å²) in [6, 6.07) is 0. The van der Waals surface area contributed by atoms with E-state index in [1.165, 1.54) is 30.2 Å². The fourth-order valence-electron chi connectivity index (χ4n) is 4.28. The Morgan fingerprint density at radius 1 is 1.28 bits per heavy atom. The van der Waals surface area contributed by atoms with Crippen molar-refractivity contribution in [2.45, 2.75) is 46.0 Å². The number of ether oxygens (including phenoxy) is 1. The molecule has 1 N–H and O–H groups in total. The zero-order chi connectivity index (χ0) is 25.8. The summed E-state index contributed by atoms with van der Waals surface area (Å²) in [6.07, 6.45) is 10.1. The largest absolute Gasteiger partial charge is 0.465 e. The zero-order valence-electron chi connectivity index (χ0n) is 21.0. The van der Waals surface area contributed by atoms with Crippen LogP contribution >= 0.6 is 23.1 Å². The highest BCUT2D eigenvalue weighted by Crippen LogP contribution is 2.38. The van der Waals surface area contributed by atoms with Gasteiger partial charge in [-0.25, -0.2) is 9.79 Å². The number of thiophene rings is 1. The Labute approximate surface area is 219 Å². The Bertz CT molecular complexity index is 1230. The van der Waals surface area contributed by atoms with E-state index >= 15 is 0 Å². The fourth-order valence-corrected chi connectivity index (χ4v) is 6.38. The second-order valence-corrected chi connectivity index (χ2v) is 11.3. The van der Waals surface area contributed by atoms with E-state index in [4.69, 9.17) is 4.74 Å². The molecule has 1 aliphatic heterocycles. The van der Waals surface area contributed by atoms with E-state index in [1.807, 2.05) is 27.1 Å². The summed E-state index contributed by atoms with van der Waals surface area (Å²) >= 11 is 2.68. The molecule has 0 bridgehead atoms. The molecule has 0 aromatic carbocycles. The van der Waals surface area contributed by atoms with Crippen molar-refractivity contribution < 1.29 is 19.1 Å². The monoisotopic (exact) mass is 529 g/mol. The first-order chi connectivity index (χ1) is 17.3. The number of amides is 2. The summed E-state index contributed by atoms with van der Waals surface area (Å²) < 4.78 is 6.69. The maximum Gasteiger partial charge on any atom is 0.341 e. The highest BCUT2D eigenvalue weighted by atomic mass is 32.2. The van der Waals surface area contributed by atoms with Gasteiger partial charge in [-0.3, -0.25) is 19.2 Å². The number of nitrogens with zero attached hydrogens (tertiary/aromatic N) is 4. The molecule has 0 saturated heterocycles. The Morgan fingerprint density at radius 3 is 2.75 bits per heavy atom. The maximum absolute atomic E-state index is 13.0. The van der Waals surface area contributed by atoms with Gasteiger partial charge in [0, 0.05) is 30.2 Å². The van der Waals surface area contributed by atoms with Crippen LogP contribution in [0.5, 0.6) is 0 Å². The first kappa shape index (κ1) is 26.2. The van der Waals surface area contributed by atoms with Gasteiger partial charge in [0.25, 0.3) is 5.91 Å². The van der Waals surface area contributed by atoms with Gasteiger partial charge in [-0.2, -0.15) is 5.10 Å². The number of amidine groups is 1. The molecule has 36 heavy (non-hydrogen) atoms. The molecular formula is C25H31N5O4S2. The topological polar surface area (TPSA) is 106 Å². The van der Waals surface area contributed by atoms with E-state index in [-0.39, 0.29) is 23.5 Å². The van der Waals surface area contributed by atoms with Gasteiger partial charge in [-0.15, -0.1) is 11.3 Å². The van der Waals surface area contributed by atoms with Gasteiger partial charge in [0.05, 0.1) is 24.6 Å². The third-order valence-corrected chi connectivity index (χ3v) is 8.07. The van der Waals surface area contributed by atoms with E-state index in [0.717, 1.165) is 48.1 Å². The number of hydrogen-bond acceptors (Lipinski definition) is 8. The van der Waals surface area contributed by atoms with Crippen molar-refractivity contribution in [3.05, 3.63) is 39.7 Å². The van der Waals surface area contributed by atoms with Crippen LogP contribution in [-0.2, 0) is 34.2 Å². The Hall–Kier alpha value is -2.92. The lowest BCUT2D eigenvalue weighted by Gasteiger charge is -2.19. The molecule has 2 aromatic heterocycles. The van der Waals surface area contributed by atoms with Crippen molar-refractivity contribution >= 4 is 57.1 Å². The molecule has 3 heterocycles. The number of anilines is 1. The van der Waals surface area contributed by atoms with Crippen LogP contribution in [0.1, 0.15) is 59.5 Å². The summed E-state index contributed by atoms with van der Waals surface area (Å²) in [5, 5.41) is 8.09. The molecule has 9 nitrogen and oxygen atoms in total. The lowest BCUT2D eigenvalue weighted by molar-refractivity contribution is -0.123. The quantitative estimate of drug-likeness (QED) is 0.329. The van der Waals surface area contributed by atoms with E-state index < -0.39 is 5.97 Å². The van der Waals surface area contributed by atoms with Crippen LogP contribution in [0.3, 0.4) is 0 Å². The third kappa shape index (κ3) is 5.89. The number of methoxy groups -OCH3 is 1. The van der Waals surface area contributed by atoms with Crippen LogP contribution in [-0.4, -0.2) is 57.0 Å². The van der Waals surface area contributed by atoms with Crippen LogP contribution in [0.25, 0.3) is 6.08 Å². The molecule has 0 spiro atoms. The molecule has 11 heteroatoms. The molecule has 4 rings (SSSR count). The van der Waals surface area contributed by atoms with Gasteiger partial charge in [0.2, 0.25) is 5.91 Å². The van der Waals surface area contributed by atoms with Crippen molar-refractivity contribution in [3.8, 4) is 0 Å². The second-order valence-electron chi connectivity index (χ2n) is 9.28. The zero-order valence-corrected chi connectivity index (χ0v) is 22.6. The number of fused-ring (bicyclic) bond motifs is 1. The number of carbonyl (C=O) groups is 3. The number of hydrogen-bond donors (Lipinski definition) is 1. The van der Waals surface area contributed by atoms with Crippen LogP contribution in [0, 0.1) is 5.92 Å². The van der Waals surface area contributed by atoms with Crippen molar-refractivity contribution in [3.63, 3.8) is 0 Å². The summed E-state index contributed by atoms with van der Waals surface area (Å²) in [5.41, 5.74) is 2.59. The molecular weight excluding hydrogens is 498 g/mol. The van der Waals surface area contributed by atoms with Gasteiger partial charge >= 0.3 is 5.97 Å². The average molecular weight is 530 g/mol. The minimum absolute atomic E-state index is 0.0596. The summed E-state index contributed by atoms with van der Waals surface area (Å²) in [7, 11) is 3.17. The lowest BCUT2D eigenvalue weighted by Crippen LogP contribution is -2.34. The molecule has 0 unspecified atom stereocenters. The number of aryl methyl sites for hydroxylation is 2. The van der Waals surface area contributed by atoms with Crippen LogP contribution < -0.4 is 5.32 Å². The van der Waals surface area contributed by atoms with Crippen molar-refractivity contribution in [1.82, 2.24) is 14.7 Å². The molecule has 2 aromatic rings. The van der Waals surface area contributed by atoms with Gasteiger partial charge in [-0.05, 0) is 43.2 Å². The summed E-state index contributed by atoms with van der Waals surface area (Å²) in [4.78, 5) is 45.8. The molecule has 2 aliphatic rings. The van der Waals surface area contributed by atoms with Crippen molar-refractivity contribution in [1.29, 1.82) is 0 Å². The highest BCUT2D eigenvalue weighted by molar-refractivity contribution is 8.14. The van der Waals surface area contributed by atoms with Gasteiger partial charge in [-0.1, -0.05) is 32.0 Å². The molecule has 0 fully saturated rings. The van der Waals surface area contributed by atoms with Crippen LogP contribution in [0.15, 0.2) is 23.1 Å². The minimum atomic E-state index is -0.420. The maximum atomic E-state index is 13.0. The highest BCUT2D eigenvalue weighted by Gasteiger charge is 2.32. The number of nitrogens with one attached hydrogen (secondary N) is 1. The van der Waals surface area contributed by atoms with E-state index in [1.54, 1.807) is 21.9 Å². The first-order valence-corrected chi connectivity index (χ1v) is 13.8. The number of carbonyl (C=O) groups excluding carboxylic acids is 3. The van der Waals surface area contributed by atoms with Crippen molar-refractivity contribution in [2.75, 3.05) is 24.7 Å². The van der Waals surface area contributed by atoms with Crippen LogP contribution in [0.4, 0.5) is 5.00 Å².